The summed E-state index contributed by atoms with van der Waals surface area (Å²) in [6.07, 6.45) is -0.192. The molecule has 5 nitrogen and oxygen atoms in total. The van der Waals surface area contributed by atoms with Crippen LogP contribution in [0.25, 0.3) is 0 Å². The summed E-state index contributed by atoms with van der Waals surface area (Å²) in [6, 6.07) is 7.45. The van der Waals surface area contributed by atoms with Gasteiger partial charge in [-0.15, -0.1) is 0 Å². The molecule has 7 heteroatoms. The lowest BCUT2D eigenvalue weighted by atomic mass is 10.1. The molecule has 24 heavy (non-hydrogen) atoms. The summed E-state index contributed by atoms with van der Waals surface area (Å²) in [5.74, 6) is 0.265. The zero-order valence-electron chi connectivity index (χ0n) is 13.5. The quantitative estimate of drug-likeness (QED) is 0.860. The second-order valence-electron chi connectivity index (χ2n) is 4.84. The lowest BCUT2D eigenvalue weighted by Gasteiger charge is -2.15. The first kappa shape index (κ1) is 17.9. The van der Waals surface area contributed by atoms with Gasteiger partial charge in [0.05, 0.1) is 27.8 Å². The lowest BCUT2D eigenvalue weighted by molar-refractivity contribution is -0.115. The van der Waals surface area contributed by atoms with Gasteiger partial charge >= 0.3 is 0 Å². The predicted octanol–water partition coefficient (Wildman–Crippen LogP) is 3.69. The molecule has 0 aliphatic rings. The van der Waals surface area contributed by atoms with Crippen LogP contribution in [0, 0.1) is 5.82 Å². The molecule has 0 saturated carbocycles. The molecule has 0 atom stereocenters. The van der Waals surface area contributed by atoms with Gasteiger partial charge in [-0.2, -0.15) is 0 Å². The van der Waals surface area contributed by atoms with Crippen molar-refractivity contribution in [3.05, 3.63) is 46.7 Å². The molecule has 0 aliphatic carbocycles. The van der Waals surface area contributed by atoms with Gasteiger partial charge in [0.2, 0.25) is 11.7 Å². The number of ether oxygens (including phenoxy) is 3. The van der Waals surface area contributed by atoms with E-state index in [2.05, 4.69) is 5.32 Å². The van der Waals surface area contributed by atoms with Crippen LogP contribution in [-0.2, 0) is 11.2 Å². The number of hydrogen-bond acceptors (Lipinski definition) is 4. The number of carbonyl (C=O) groups excluding carboxylic acids is 1. The minimum atomic E-state index is -0.525. The van der Waals surface area contributed by atoms with Crippen molar-refractivity contribution in [2.45, 2.75) is 6.42 Å². The standard InChI is InChI=1S/C17H17ClFNO4/c1-22-14-7-10(8-15(23-2)17(14)24-3)20-16(21)9-11-12(18)5-4-6-13(11)19/h4-8H,9H2,1-3H3,(H,20,21). The van der Waals surface area contributed by atoms with Gasteiger partial charge < -0.3 is 19.5 Å². The highest BCUT2D eigenvalue weighted by Crippen LogP contribution is 2.40. The fraction of sp³-hybridized carbons (Fsp3) is 0.235. The van der Waals surface area contributed by atoms with Crippen LogP contribution in [0.5, 0.6) is 17.2 Å². The number of methoxy groups -OCH3 is 3. The van der Waals surface area contributed by atoms with Crippen molar-refractivity contribution in [1.29, 1.82) is 0 Å². The Kier molecular flexibility index (Phi) is 5.87. The van der Waals surface area contributed by atoms with E-state index in [0.717, 1.165) is 0 Å². The number of benzene rings is 2. The molecule has 2 aromatic rings. The number of nitrogens with one attached hydrogen (secondary N) is 1. The average molecular weight is 354 g/mol. The number of carbonyl (C=O) groups is 1. The summed E-state index contributed by atoms with van der Waals surface area (Å²) < 4.78 is 29.4. The van der Waals surface area contributed by atoms with Gasteiger partial charge in [0, 0.05) is 28.4 Å². The smallest absolute Gasteiger partial charge is 0.228 e. The Morgan fingerprint density at radius 1 is 1.12 bits per heavy atom. The van der Waals surface area contributed by atoms with E-state index >= 15 is 0 Å². The SMILES string of the molecule is COc1cc(NC(=O)Cc2c(F)cccc2Cl)cc(OC)c1OC. The third-order valence-corrected chi connectivity index (χ3v) is 3.70. The van der Waals surface area contributed by atoms with E-state index in [-0.39, 0.29) is 17.0 Å². The molecule has 2 aromatic carbocycles. The average Bonchev–Trinajstić information content (AvgIpc) is 2.57. The zero-order valence-corrected chi connectivity index (χ0v) is 14.2. The Hall–Kier alpha value is -2.47. The molecule has 0 fully saturated rings. The van der Waals surface area contributed by atoms with Crippen molar-refractivity contribution in [3.8, 4) is 17.2 Å². The van der Waals surface area contributed by atoms with Crippen LogP contribution in [0.4, 0.5) is 10.1 Å². The lowest BCUT2D eigenvalue weighted by Crippen LogP contribution is -2.15. The van der Waals surface area contributed by atoms with Crippen LogP contribution in [0.1, 0.15) is 5.56 Å². The zero-order chi connectivity index (χ0) is 17.7. The third-order valence-electron chi connectivity index (χ3n) is 3.35. The maximum atomic E-state index is 13.8. The highest BCUT2D eigenvalue weighted by molar-refractivity contribution is 6.31. The van der Waals surface area contributed by atoms with E-state index in [1.54, 1.807) is 12.1 Å². The molecule has 2 rings (SSSR count). The topological polar surface area (TPSA) is 56.8 Å². The van der Waals surface area contributed by atoms with Gasteiger partial charge in [0.25, 0.3) is 0 Å². The highest BCUT2D eigenvalue weighted by atomic mass is 35.5. The molecule has 0 spiro atoms. The van der Waals surface area contributed by atoms with Crippen molar-refractivity contribution in [2.75, 3.05) is 26.6 Å². The highest BCUT2D eigenvalue weighted by Gasteiger charge is 2.16. The maximum Gasteiger partial charge on any atom is 0.228 e. The Balaban J connectivity index is 2.23. The molecule has 1 amide bonds. The van der Waals surface area contributed by atoms with Crippen molar-refractivity contribution in [1.82, 2.24) is 0 Å². The van der Waals surface area contributed by atoms with Crippen LogP contribution in [0.3, 0.4) is 0 Å². The molecule has 0 saturated heterocycles. The predicted molar refractivity (Wildman–Crippen MR) is 89.8 cm³/mol. The van der Waals surface area contributed by atoms with Crippen molar-refractivity contribution in [3.63, 3.8) is 0 Å². The van der Waals surface area contributed by atoms with E-state index < -0.39 is 11.7 Å². The van der Waals surface area contributed by atoms with E-state index in [4.69, 9.17) is 25.8 Å². The molecule has 128 valence electrons. The van der Waals surface area contributed by atoms with Gasteiger partial charge in [-0.25, -0.2) is 4.39 Å². The molecular formula is C17H17ClFNO4. The van der Waals surface area contributed by atoms with Crippen LogP contribution in [-0.4, -0.2) is 27.2 Å². The molecular weight excluding hydrogens is 337 g/mol. The fourth-order valence-electron chi connectivity index (χ4n) is 2.22. The molecule has 0 heterocycles. The second-order valence-corrected chi connectivity index (χ2v) is 5.25. The monoisotopic (exact) mass is 353 g/mol. The maximum absolute atomic E-state index is 13.8. The molecule has 1 N–H and O–H groups in total. The molecule has 0 aromatic heterocycles. The van der Waals surface area contributed by atoms with Crippen LogP contribution >= 0.6 is 11.6 Å². The summed E-state index contributed by atoms with van der Waals surface area (Å²) in [5.41, 5.74) is 0.575. The first-order chi connectivity index (χ1) is 11.5. The summed E-state index contributed by atoms with van der Waals surface area (Å²) in [6.45, 7) is 0. The van der Waals surface area contributed by atoms with Crippen LogP contribution in [0.15, 0.2) is 30.3 Å². The van der Waals surface area contributed by atoms with Gasteiger partial charge in [-0.1, -0.05) is 17.7 Å². The third kappa shape index (κ3) is 3.89. The summed E-state index contributed by atoms with van der Waals surface area (Å²) in [4.78, 5) is 12.2. The summed E-state index contributed by atoms with van der Waals surface area (Å²) in [5, 5.41) is 2.87. The van der Waals surface area contributed by atoms with E-state index in [1.165, 1.54) is 39.5 Å². The van der Waals surface area contributed by atoms with Crippen molar-refractivity contribution in [2.24, 2.45) is 0 Å². The van der Waals surface area contributed by atoms with Crippen LogP contribution < -0.4 is 19.5 Å². The van der Waals surface area contributed by atoms with E-state index in [0.29, 0.717) is 22.9 Å². The number of amides is 1. The minimum absolute atomic E-state index is 0.143. The fourth-order valence-corrected chi connectivity index (χ4v) is 2.45. The number of hydrogen-bond donors (Lipinski definition) is 1. The number of halogens is 2. The summed E-state index contributed by atoms with van der Waals surface area (Å²) in [7, 11) is 4.43. The Morgan fingerprint density at radius 2 is 1.75 bits per heavy atom. The first-order valence-corrected chi connectivity index (χ1v) is 7.40. The summed E-state index contributed by atoms with van der Waals surface area (Å²) >= 11 is 5.93. The Bertz CT molecular complexity index is 706. The Morgan fingerprint density at radius 3 is 2.25 bits per heavy atom. The second kappa shape index (κ2) is 7.88. The van der Waals surface area contributed by atoms with Crippen molar-refractivity contribution >= 4 is 23.2 Å². The Labute approximate surface area is 144 Å². The van der Waals surface area contributed by atoms with E-state index in [9.17, 15) is 9.18 Å². The number of rotatable bonds is 6. The van der Waals surface area contributed by atoms with Gasteiger partial charge in [0.15, 0.2) is 11.5 Å². The molecule has 0 radical (unpaired) electrons. The van der Waals surface area contributed by atoms with E-state index in [1.807, 2.05) is 0 Å². The van der Waals surface area contributed by atoms with Gasteiger partial charge in [-0.05, 0) is 12.1 Å². The van der Waals surface area contributed by atoms with Crippen LogP contribution in [0.2, 0.25) is 5.02 Å². The van der Waals surface area contributed by atoms with Gasteiger partial charge in [-0.3, -0.25) is 4.79 Å². The number of anilines is 1. The largest absolute Gasteiger partial charge is 0.493 e. The molecule has 0 unspecified atom stereocenters. The molecule has 0 aliphatic heterocycles. The van der Waals surface area contributed by atoms with Crippen molar-refractivity contribution < 1.29 is 23.4 Å². The minimum Gasteiger partial charge on any atom is -0.493 e. The van der Waals surface area contributed by atoms with Gasteiger partial charge in [0.1, 0.15) is 5.82 Å². The molecule has 0 bridgehead atoms. The first-order valence-electron chi connectivity index (χ1n) is 7.03. The normalized spacial score (nSPS) is 10.2.